The molecule has 2 fully saturated rings. The molecule has 0 spiro atoms. The summed E-state index contributed by atoms with van der Waals surface area (Å²) in [5.41, 5.74) is -0.498. The average Bonchev–Trinajstić information content (AvgIpc) is 3.04. The maximum atomic E-state index is 12.4. The minimum atomic E-state index is -0.902. The molecule has 140 valence electrons. The molecule has 0 atom stereocenters. The Labute approximate surface area is 149 Å². The summed E-state index contributed by atoms with van der Waals surface area (Å²) >= 11 is 0. The predicted molar refractivity (Wildman–Crippen MR) is 91.0 cm³/mol. The van der Waals surface area contributed by atoms with Crippen LogP contribution in [0.15, 0.2) is 11.0 Å². The normalized spacial score (nSPS) is 26.6. The summed E-state index contributed by atoms with van der Waals surface area (Å²) < 4.78 is 17.4. The van der Waals surface area contributed by atoms with Crippen LogP contribution in [-0.4, -0.2) is 58.8 Å². The molecule has 9 heteroatoms. The summed E-state index contributed by atoms with van der Waals surface area (Å²) in [5, 5.41) is 4.79. The third-order valence-corrected chi connectivity index (χ3v) is 5.58. The highest BCUT2D eigenvalue weighted by Gasteiger charge is 2.44. The lowest BCUT2D eigenvalue weighted by Gasteiger charge is -2.36. The lowest BCUT2D eigenvalue weighted by atomic mass is 9.78. The Kier molecular flexibility index (Phi) is 4.28. The van der Waals surface area contributed by atoms with Gasteiger partial charge in [0.2, 0.25) is 0 Å². The highest BCUT2D eigenvalue weighted by molar-refractivity contribution is 5.79. The van der Waals surface area contributed by atoms with Gasteiger partial charge in [0.25, 0.3) is 5.56 Å². The number of hydrogen-bond acceptors (Lipinski definition) is 7. The Bertz CT molecular complexity index is 877. The molecule has 0 amide bonds. The highest BCUT2D eigenvalue weighted by Crippen LogP contribution is 2.39. The van der Waals surface area contributed by atoms with E-state index >= 15 is 0 Å². The average molecular weight is 362 g/mol. The molecule has 2 aromatic rings. The van der Waals surface area contributed by atoms with E-state index in [9.17, 15) is 9.59 Å². The molecule has 2 aliphatic rings. The number of H-pyrrole nitrogens is 1. The van der Waals surface area contributed by atoms with Crippen molar-refractivity contribution in [2.24, 2.45) is 0 Å². The quantitative estimate of drug-likeness (QED) is 0.805. The number of ether oxygens (including phenoxy) is 3. The first-order valence-corrected chi connectivity index (χ1v) is 8.77. The van der Waals surface area contributed by atoms with Gasteiger partial charge in [0, 0.05) is 13.0 Å². The Morgan fingerprint density at radius 1 is 1.35 bits per heavy atom. The predicted octanol–water partition coefficient (Wildman–Crippen LogP) is 0.907. The van der Waals surface area contributed by atoms with E-state index in [0.717, 1.165) is 0 Å². The molecule has 1 aliphatic heterocycles. The van der Waals surface area contributed by atoms with E-state index in [4.69, 9.17) is 19.2 Å². The smallest absolute Gasteiger partial charge is 0.338 e. The molecule has 1 saturated carbocycles. The summed E-state index contributed by atoms with van der Waals surface area (Å²) in [5.74, 6) is 0.346. The van der Waals surface area contributed by atoms with Crippen molar-refractivity contribution < 1.29 is 19.0 Å². The Balaban J connectivity index is 1.61. The number of aromatic amines is 1. The molecule has 0 aromatic carbocycles. The first-order chi connectivity index (χ1) is 12.6. The number of esters is 1. The Morgan fingerprint density at radius 2 is 2.08 bits per heavy atom. The Hall–Kier alpha value is -2.26. The summed E-state index contributed by atoms with van der Waals surface area (Å²) in [4.78, 5) is 32.1. The fraction of sp³-hybridized carbons (Fsp3) is 0.647. The summed E-state index contributed by atoms with van der Waals surface area (Å²) in [6, 6.07) is 0.126. The molecular weight excluding hydrogens is 340 g/mol. The van der Waals surface area contributed by atoms with Crippen LogP contribution >= 0.6 is 0 Å². The fourth-order valence-electron chi connectivity index (χ4n) is 3.81. The SMILES string of the molecule is COC(=O)C1(OC)CCC(c2nc3c(cnn3C3COC3)c(=O)[nH]2)CC1. The second-order valence-electron chi connectivity index (χ2n) is 6.93. The van der Waals surface area contributed by atoms with E-state index in [0.29, 0.717) is 55.8 Å². The first-order valence-electron chi connectivity index (χ1n) is 8.77. The summed E-state index contributed by atoms with van der Waals surface area (Å²) in [6.45, 7) is 1.17. The molecule has 1 aliphatic carbocycles. The number of fused-ring (bicyclic) bond motifs is 1. The van der Waals surface area contributed by atoms with E-state index in [1.165, 1.54) is 14.2 Å². The number of carbonyl (C=O) groups is 1. The molecule has 0 unspecified atom stereocenters. The molecule has 3 heterocycles. The number of methoxy groups -OCH3 is 2. The fourth-order valence-corrected chi connectivity index (χ4v) is 3.81. The van der Waals surface area contributed by atoms with Crippen LogP contribution < -0.4 is 5.56 Å². The molecule has 0 radical (unpaired) electrons. The van der Waals surface area contributed by atoms with Crippen molar-refractivity contribution in [3.05, 3.63) is 22.4 Å². The topological polar surface area (TPSA) is 108 Å². The molecular formula is C17H22N4O5. The number of rotatable bonds is 4. The zero-order valence-electron chi connectivity index (χ0n) is 14.9. The second kappa shape index (κ2) is 6.48. The van der Waals surface area contributed by atoms with E-state index in [1.54, 1.807) is 10.9 Å². The monoisotopic (exact) mass is 362 g/mol. The number of carbonyl (C=O) groups excluding carboxylic acids is 1. The van der Waals surface area contributed by atoms with Crippen molar-refractivity contribution in [1.29, 1.82) is 0 Å². The van der Waals surface area contributed by atoms with Crippen LogP contribution in [0.5, 0.6) is 0 Å². The molecule has 0 bridgehead atoms. The van der Waals surface area contributed by atoms with Crippen LogP contribution in [-0.2, 0) is 19.0 Å². The zero-order valence-corrected chi connectivity index (χ0v) is 14.9. The Morgan fingerprint density at radius 3 is 2.65 bits per heavy atom. The van der Waals surface area contributed by atoms with E-state index in [-0.39, 0.29) is 23.5 Å². The third kappa shape index (κ3) is 2.62. The van der Waals surface area contributed by atoms with Gasteiger partial charge < -0.3 is 19.2 Å². The largest absolute Gasteiger partial charge is 0.467 e. The van der Waals surface area contributed by atoms with Crippen molar-refractivity contribution in [3.63, 3.8) is 0 Å². The van der Waals surface area contributed by atoms with Gasteiger partial charge in [0.05, 0.1) is 26.5 Å². The molecule has 4 rings (SSSR count). The summed E-state index contributed by atoms with van der Waals surface area (Å²) in [7, 11) is 2.90. The van der Waals surface area contributed by atoms with Crippen LogP contribution in [0.1, 0.15) is 43.5 Å². The van der Waals surface area contributed by atoms with Gasteiger partial charge in [0.15, 0.2) is 11.2 Å². The van der Waals surface area contributed by atoms with Crippen LogP contribution in [0.25, 0.3) is 11.0 Å². The van der Waals surface area contributed by atoms with Crippen LogP contribution in [0.2, 0.25) is 0 Å². The minimum absolute atomic E-state index is 0.0565. The van der Waals surface area contributed by atoms with Crippen molar-refractivity contribution in [2.75, 3.05) is 27.4 Å². The molecule has 9 nitrogen and oxygen atoms in total. The van der Waals surface area contributed by atoms with Gasteiger partial charge in [-0.25, -0.2) is 14.5 Å². The van der Waals surface area contributed by atoms with Crippen LogP contribution in [0.4, 0.5) is 0 Å². The maximum absolute atomic E-state index is 12.4. The van der Waals surface area contributed by atoms with Gasteiger partial charge in [0.1, 0.15) is 17.3 Å². The molecule has 26 heavy (non-hydrogen) atoms. The van der Waals surface area contributed by atoms with E-state index in [1.807, 2.05) is 0 Å². The van der Waals surface area contributed by atoms with E-state index < -0.39 is 5.60 Å². The van der Waals surface area contributed by atoms with Crippen molar-refractivity contribution in [3.8, 4) is 0 Å². The highest BCUT2D eigenvalue weighted by atomic mass is 16.6. The van der Waals surface area contributed by atoms with Gasteiger partial charge in [-0.15, -0.1) is 0 Å². The van der Waals surface area contributed by atoms with Gasteiger partial charge >= 0.3 is 5.97 Å². The van der Waals surface area contributed by atoms with Gasteiger partial charge in [-0.1, -0.05) is 0 Å². The number of nitrogens with one attached hydrogen (secondary N) is 1. The minimum Gasteiger partial charge on any atom is -0.467 e. The lowest BCUT2D eigenvalue weighted by Crippen LogP contribution is -2.44. The van der Waals surface area contributed by atoms with Gasteiger partial charge in [-0.2, -0.15) is 5.10 Å². The molecule has 2 aromatic heterocycles. The first kappa shape index (κ1) is 17.2. The zero-order chi connectivity index (χ0) is 18.3. The van der Waals surface area contributed by atoms with Crippen LogP contribution in [0, 0.1) is 0 Å². The van der Waals surface area contributed by atoms with Crippen molar-refractivity contribution in [1.82, 2.24) is 19.7 Å². The van der Waals surface area contributed by atoms with Crippen LogP contribution in [0.3, 0.4) is 0 Å². The van der Waals surface area contributed by atoms with Gasteiger partial charge in [-0.3, -0.25) is 4.79 Å². The lowest BCUT2D eigenvalue weighted by molar-refractivity contribution is -0.170. The van der Waals surface area contributed by atoms with Crippen molar-refractivity contribution >= 4 is 17.0 Å². The summed E-state index contributed by atoms with van der Waals surface area (Å²) in [6.07, 6.45) is 3.96. The third-order valence-electron chi connectivity index (χ3n) is 5.58. The maximum Gasteiger partial charge on any atom is 0.338 e. The second-order valence-corrected chi connectivity index (χ2v) is 6.93. The number of hydrogen-bond donors (Lipinski definition) is 1. The number of nitrogens with zero attached hydrogens (tertiary/aromatic N) is 3. The standard InChI is InChI=1S/C17H22N4O5/c1-24-16(23)17(25-2)5-3-10(4-6-17)13-19-14-12(15(22)20-13)7-18-21(14)11-8-26-9-11/h7,10-11H,3-6,8-9H2,1-2H3,(H,19,20,22). The van der Waals surface area contributed by atoms with Crippen molar-refractivity contribution in [2.45, 2.75) is 43.2 Å². The van der Waals surface area contributed by atoms with Gasteiger partial charge in [-0.05, 0) is 25.7 Å². The molecule has 1 saturated heterocycles. The molecule has 1 N–H and O–H groups in total. The number of aromatic nitrogens is 4. The van der Waals surface area contributed by atoms with E-state index in [2.05, 4.69) is 10.1 Å².